The van der Waals surface area contributed by atoms with Crippen LogP contribution in [0.25, 0.3) is 38.6 Å². The first-order chi connectivity index (χ1) is 63.7. The molecule has 0 spiro atoms. The van der Waals surface area contributed by atoms with Crippen molar-refractivity contribution < 1.29 is 49.3 Å². The molecule has 0 aromatic carbocycles. The Labute approximate surface area is 835 Å². The van der Waals surface area contributed by atoms with Crippen LogP contribution in [0.2, 0.25) is 45.2 Å². The maximum absolute atomic E-state index is 13.8. The zero-order valence-corrected chi connectivity index (χ0v) is 84.4. The first-order valence-corrected chi connectivity index (χ1v) is 51.4. The fourth-order valence-corrected chi connectivity index (χ4v) is 23.7. The molecule has 132 heavy (non-hydrogen) atoms. The number of ether oxygens (including phenoxy) is 1. The molecule has 7 aliphatic carbocycles. The topological polar surface area (TPSA) is 272 Å². The lowest BCUT2D eigenvalue weighted by molar-refractivity contribution is 0.0798. The number of rotatable bonds is 16. The van der Waals surface area contributed by atoms with Crippen molar-refractivity contribution in [1.29, 1.82) is 0 Å². The zero-order chi connectivity index (χ0) is 93.3. The van der Waals surface area contributed by atoms with Gasteiger partial charge in [-0.25, -0.2) is 43.7 Å². The van der Waals surface area contributed by atoms with E-state index in [1.807, 2.05) is 41.9 Å². The molecule has 7 saturated carbocycles. The number of aromatic nitrogens is 14. The molecule has 7 unspecified atom stereocenters. The van der Waals surface area contributed by atoms with Gasteiger partial charge in [-0.2, -0.15) is 0 Å². The van der Waals surface area contributed by atoms with Crippen molar-refractivity contribution in [1.82, 2.24) is 65.7 Å². The Morgan fingerprint density at radius 3 is 0.932 bits per heavy atom. The summed E-state index contributed by atoms with van der Waals surface area (Å²) in [6.45, 7) is 0. The van der Waals surface area contributed by atoms with Crippen LogP contribution in [0.3, 0.4) is 0 Å². The third-order valence-corrected chi connectivity index (χ3v) is 33.6. The van der Waals surface area contributed by atoms with E-state index in [1.165, 1.54) is 95.6 Å². The van der Waals surface area contributed by atoms with E-state index in [1.54, 1.807) is 108 Å². The van der Waals surface area contributed by atoms with Gasteiger partial charge in [0.15, 0.2) is 0 Å². The van der Waals surface area contributed by atoms with Crippen molar-refractivity contribution in [2.45, 2.75) is 248 Å². The molecule has 14 aromatic heterocycles. The molecule has 0 bridgehead atoms. The molecule has 0 aliphatic heterocycles. The van der Waals surface area contributed by atoms with Crippen LogP contribution in [0, 0.1) is 53.1 Å². The second-order valence-electron chi connectivity index (χ2n) is 35.9. The summed E-state index contributed by atoms with van der Waals surface area (Å²) < 4.78 is 48.0. The number of fused-ring (bicyclic) bond motifs is 7. The van der Waals surface area contributed by atoms with Gasteiger partial charge in [-0.3, -0.25) is 30.8 Å². The summed E-state index contributed by atoms with van der Waals surface area (Å²) in [5.41, 5.74) is 10.0. The van der Waals surface area contributed by atoms with Gasteiger partial charge in [0.1, 0.15) is 22.4 Å². The third-order valence-electron chi connectivity index (χ3n) is 27.4. The summed E-state index contributed by atoms with van der Waals surface area (Å²) in [5.74, 6) is 1.70. The lowest BCUT2D eigenvalue weighted by Gasteiger charge is -2.28. The minimum atomic E-state index is -0.752. The zero-order valence-electron chi connectivity index (χ0n) is 72.8. The van der Waals surface area contributed by atoms with Crippen LogP contribution in [0.5, 0.6) is 5.75 Å². The van der Waals surface area contributed by atoms with E-state index in [0.717, 1.165) is 174 Å². The summed E-state index contributed by atoms with van der Waals surface area (Å²) in [5, 5.41) is 77.3. The number of pyridine rings is 7. The van der Waals surface area contributed by atoms with Gasteiger partial charge >= 0.3 is 0 Å². The van der Waals surface area contributed by atoms with Crippen LogP contribution >= 0.6 is 152 Å². The molecule has 7 fully saturated rings. The highest BCUT2D eigenvalue weighted by molar-refractivity contribution is 9.11. The van der Waals surface area contributed by atoms with E-state index < -0.39 is 54.4 Å². The monoisotopic (exact) mass is 2170 g/mol. The molecule has 14 heterocycles. The summed E-state index contributed by atoms with van der Waals surface area (Å²) in [6, 6.07) is 10.2. The molecule has 14 aromatic rings. The van der Waals surface area contributed by atoms with Gasteiger partial charge in [0, 0.05) is 31.6 Å². The molecule has 0 amide bonds. The van der Waals surface area contributed by atoms with E-state index in [2.05, 4.69) is 82.7 Å². The number of methoxy groups -OCH3 is 1. The van der Waals surface area contributed by atoms with Gasteiger partial charge in [-0.15, -0.1) is 0 Å². The molecule has 7 aliphatic rings. The van der Waals surface area contributed by atoms with E-state index in [4.69, 9.17) is 109 Å². The summed E-state index contributed by atoms with van der Waals surface area (Å²) in [6.07, 6.45) is 54.9. The molecule has 36 heteroatoms. The third kappa shape index (κ3) is 22.7. The molecule has 7 atom stereocenters. The maximum atomic E-state index is 13.8. The van der Waals surface area contributed by atoms with Crippen LogP contribution in [-0.4, -0.2) is 109 Å². The fraction of sp³-hybridized carbons (Fsp3) is 0.490. The van der Waals surface area contributed by atoms with Crippen LogP contribution in [0.1, 0.15) is 288 Å². The number of imidazole rings is 7. The Morgan fingerprint density at radius 1 is 0.303 bits per heavy atom. The van der Waals surface area contributed by atoms with Gasteiger partial charge < -0.3 is 40.5 Å². The van der Waals surface area contributed by atoms with Crippen molar-refractivity contribution in [2.24, 2.45) is 41.4 Å². The fourth-order valence-electron chi connectivity index (χ4n) is 20.0. The molecule has 21 rings (SSSR count). The maximum Gasteiger partial charge on any atom is 0.145 e. The number of halogens is 14. The number of nitrogens with zero attached hydrogens (tertiary/aromatic N) is 14. The normalized spacial score (nSPS) is 18.6. The van der Waals surface area contributed by atoms with Crippen LogP contribution in [-0.2, 0) is 0 Å². The Hall–Kier alpha value is -5.74. The Kier molecular flexibility index (Phi) is 35.4. The average molecular weight is 2180 g/mol. The molecule has 0 radical (unpaired) electrons. The van der Waals surface area contributed by atoms with Crippen molar-refractivity contribution in [3.05, 3.63) is 234 Å². The molecular formula is C96H108Br3Cl9F2N14O8. The summed E-state index contributed by atoms with van der Waals surface area (Å²) >= 11 is 66.4. The molecule has 0 saturated heterocycles. The predicted molar refractivity (Wildman–Crippen MR) is 528 cm³/mol. The lowest BCUT2D eigenvalue weighted by atomic mass is 9.84. The van der Waals surface area contributed by atoms with E-state index >= 15 is 0 Å². The Morgan fingerprint density at radius 2 is 0.576 bits per heavy atom. The van der Waals surface area contributed by atoms with Gasteiger partial charge in [0.25, 0.3) is 0 Å². The van der Waals surface area contributed by atoms with Gasteiger partial charge in [0.05, 0.1) is 256 Å². The van der Waals surface area contributed by atoms with Crippen molar-refractivity contribution in [2.75, 3.05) is 7.11 Å². The highest BCUT2D eigenvalue weighted by Gasteiger charge is 2.37. The standard InChI is InChI=1S/C15H18ClFN2O.C15H19ClN2O2.C14H16BrClN2O.C14H15Cl3N2O.C14H16ClFN2O.C13H14BrClN2O.C11H10BrClN2O/c16-14-12(17)7-11-8-18-9-19(11)15(14)13(20)6-10-4-2-1-3-5-10;1-20-13-7-11(15(19)10-5-3-2-4-6-10)18-9-17-8-12(18)14(13)16;15-11-6-10-7-17-8-18(10)13(12(11)16)14(19)9-4-2-1-3-5-9;15-10-9-6-18-7-19(9)13(12(17)11(10)16)14(20)8-4-2-1-3-5-8;15-12-11(16)6-10-7-17-8-18(10)13(12)14(19)9-4-2-1-3-5-9;14-10-5-9-6-16-7-17(9)12(11(10)15)13(18)8-3-1-2-4-8;12-8-3-7-4-14-5-15(7)10(9(8)13)11(16)6-1-2-6/h7-10,13,20H,1-6H2;7-10,15,19H,2-6H2,1H3;6-9,14,19H,1-5H2;6-8,14,20H,1-5H2;6-9,14,19H,1-5H2;5-8,13,18H,1-4H2;3-6,11,16H,1-2H2. The highest BCUT2D eigenvalue weighted by atomic mass is 79.9. The van der Waals surface area contributed by atoms with Crippen molar-refractivity contribution >= 4 is 191 Å². The summed E-state index contributed by atoms with van der Waals surface area (Å²) in [4.78, 5) is 28.6. The quantitative estimate of drug-likeness (QED) is 0.0474. The van der Waals surface area contributed by atoms with E-state index in [-0.39, 0.29) is 26.9 Å². The van der Waals surface area contributed by atoms with Gasteiger partial charge in [-0.1, -0.05) is 226 Å². The minimum absolute atomic E-state index is 0.00110. The average Bonchev–Trinajstić information content (AvgIpc) is 1.50. The predicted octanol–water partition coefficient (Wildman–Crippen LogP) is 27.9. The van der Waals surface area contributed by atoms with Gasteiger partial charge in [0.2, 0.25) is 0 Å². The van der Waals surface area contributed by atoms with Crippen molar-refractivity contribution in [3.8, 4) is 5.75 Å². The van der Waals surface area contributed by atoms with Crippen LogP contribution in [0.4, 0.5) is 8.78 Å². The largest absolute Gasteiger partial charge is 0.495 e. The van der Waals surface area contributed by atoms with E-state index in [0.29, 0.717) is 106 Å². The van der Waals surface area contributed by atoms with Crippen LogP contribution < -0.4 is 4.74 Å². The Balaban J connectivity index is 0.000000118. The molecule has 708 valence electrons. The minimum Gasteiger partial charge on any atom is -0.495 e. The first-order valence-electron chi connectivity index (χ1n) is 45.7. The summed E-state index contributed by atoms with van der Waals surface area (Å²) in [7, 11) is 1.59. The number of aliphatic hydroxyl groups is 7. The van der Waals surface area contributed by atoms with Crippen molar-refractivity contribution in [3.63, 3.8) is 0 Å². The first kappa shape index (κ1) is 101. The highest BCUT2D eigenvalue weighted by Crippen LogP contribution is 2.49. The van der Waals surface area contributed by atoms with E-state index in [9.17, 15) is 44.5 Å². The number of hydrogen-bond acceptors (Lipinski definition) is 15. The molecule has 7 N–H and O–H groups in total. The lowest BCUT2D eigenvalue weighted by Crippen LogP contribution is -2.19. The Bertz CT molecular complexity index is 6150. The molecular weight excluding hydrogens is 2070 g/mol. The SMILES string of the molecule is COc1cc(C(O)C2CCCCC2)n2cncc2c1Cl.OC(CC1CCCCC1)c1c(Cl)c(F)cc2cncn12.OC(c1c(Cl)c(Br)cc2cncn12)C1CC1.OC(c1c(Cl)c(Br)cc2cncn12)C1CCCC1.OC(c1c(Cl)c(Br)cc2cncn12)C1CCCCC1.OC(c1c(Cl)c(Cl)c(Cl)c2cncn12)C1CCCCC1.OC(c1c(Cl)c(F)cc2cncn12)C1CCCCC1. The smallest absolute Gasteiger partial charge is 0.145 e. The second-order valence-corrected chi connectivity index (χ2v) is 41.8. The number of aliphatic hydroxyl groups excluding tert-OH is 7. The number of hydrogen-bond donors (Lipinski definition) is 7. The van der Waals surface area contributed by atoms with Crippen LogP contribution in [0.15, 0.2) is 137 Å². The second kappa shape index (κ2) is 46.4. The van der Waals surface area contributed by atoms with Gasteiger partial charge in [-0.05, 0) is 191 Å². The molecule has 22 nitrogen and oxygen atoms in total.